The molecule has 0 rings (SSSR count). The van der Waals surface area contributed by atoms with E-state index in [4.69, 9.17) is 9.84 Å². The number of unbranched alkanes of at least 4 members (excludes halogenated alkanes) is 5. The van der Waals surface area contributed by atoms with Crippen LogP contribution in [0.2, 0.25) is 0 Å². The molecule has 0 heterocycles. The topological polar surface area (TPSA) is 86.7 Å². The second kappa shape index (κ2) is 10.1. The SMILES string of the molecule is CCCCCCCCOC(=O)C(O)CC(=O)[O-]. The van der Waals surface area contributed by atoms with Gasteiger partial charge in [-0.05, 0) is 6.42 Å². The molecule has 0 aliphatic rings. The normalized spacial score (nSPS) is 12.1. The summed E-state index contributed by atoms with van der Waals surface area (Å²) in [4.78, 5) is 21.2. The van der Waals surface area contributed by atoms with Crippen LogP contribution in [0.3, 0.4) is 0 Å². The summed E-state index contributed by atoms with van der Waals surface area (Å²) in [5.74, 6) is -2.35. The van der Waals surface area contributed by atoms with E-state index in [2.05, 4.69) is 6.92 Å². The molecule has 100 valence electrons. The molecule has 5 heteroatoms. The molecule has 0 bridgehead atoms. The Morgan fingerprint density at radius 2 is 1.76 bits per heavy atom. The molecule has 0 aliphatic carbocycles. The lowest BCUT2D eigenvalue weighted by molar-refractivity contribution is -0.307. The first kappa shape index (κ1) is 15.9. The van der Waals surface area contributed by atoms with Gasteiger partial charge < -0.3 is 19.7 Å². The van der Waals surface area contributed by atoms with Crippen molar-refractivity contribution >= 4 is 11.9 Å². The van der Waals surface area contributed by atoms with Crippen molar-refractivity contribution in [2.24, 2.45) is 0 Å². The van der Waals surface area contributed by atoms with Crippen LogP contribution in [-0.2, 0) is 14.3 Å². The van der Waals surface area contributed by atoms with Crippen molar-refractivity contribution in [1.29, 1.82) is 0 Å². The standard InChI is InChI=1S/C12H22O5/c1-2-3-4-5-6-7-8-17-12(16)10(13)9-11(14)15/h10,13H,2-9H2,1H3,(H,14,15)/p-1. The maximum atomic E-state index is 11.1. The first-order valence-corrected chi connectivity index (χ1v) is 6.12. The van der Waals surface area contributed by atoms with Gasteiger partial charge in [-0.3, -0.25) is 0 Å². The predicted octanol–water partition coefficient (Wildman–Crippen LogP) is 0.391. The maximum Gasteiger partial charge on any atom is 0.335 e. The number of aliphatic carboxylic acids is 1. The minimum atomic E-state index is -1.61. The second-order valence-corrected chi connectivity index (χ2v) is 4.03. The van der Waals surface area contributed by atoms with Gasteiger partial charge in [-0.1, -0.05) is 39.0 Å². The Morgan fingerprint density at radius 3 is 2.35 bits per heavy atom. The van der Waals surface area contributed by atoms with Gasteiger partial charge in [0.05, 0.1) is 6.61 Å². The van der Waals surface area contributed by atoms with E-state index in [1.165, 1.54) is 19.3 Å². The average Bonchev–Trinajstić information content (AvgIpc) is 2.26. The Morgan fingerprint density at radius 1 is 1.18 bits per heavy atom. The molecule has 5 nitrogen and oxygen atoms in total. The van der Waals surface area contributed by atoms with Crippen LogP contribution in [0.4, 0.5) is 0 Å². The minimum absolute atomic E-state index is 0.231. The molecule has 17 heavy (non-hydrogen) atoms. The summed E-state index contributed by atoms with van der Waals surface area (Å²) in [6, 6.07) is 0. The molecular weight excluding hydrogens is 224 g/mol. The van der Waals surface area contributed by atoms with Crippen molar-refractivity contribution in [3.8, 4) is 0 Å². The van der Waals surface area contributed by atoms with Crippen LogP contribution in [-0.4, -0.2) is 29.8 Å². The van der Waals surface area contributed by atoms with E-state index >= 15 is 0 Å². The van der Waals surface area contributed by atoms with E-state index in [0.717, 1.165) is 19.3 Å². The summed E-state index contributed by atoms with van der Waals surface area (Å²) in [6.45, 7) is 2.37. The zero-order chi connectivity index (χ0) is 13.1. The first-order chi connectivity index (χ1) is 8.07. The van der Waals surface area contributed by atoms with E-state index in [1.54, 1.807) is 0 Å². The lowest BCUT2D eigenvalue weighted by atomic mass is 10.1. The molecular formula is C12H21O5-. The van der Waals surface area contributed by atoms with Crippen molar-refractivity contribution in [2.75, 3.05) is 6.61 Å². The van der Waals surface area contributed by atoms with Crippen LogP contribution in [0.25, 0.3) is 0 Å². The molecule has 1 N–H and O–H groups in total. The number of carbonyl (C=O) groups is 2. The van der Waals surface area contributed by atoms with Gasteiger partial charge in [-0.2, -0.15) is 0 Å². The number of esters is 1. The average molecular weight is 245 g/mol. The third kappa shape index (κ3) is 9.81. The molecule has 0 fully saturated rings. The monoisotopic (exact) mass is 245 g/mol. The van der Waals surface area contributed by atoms with Crippen molar-refractivity contribution in [2.45, 2.75) is 58.0 Å². The van der Waals surface area contributed by atoms with Gasteiger partial charge in [-0.15, -0.1) is 0 Å². The number of carboxylic acids is 1. The van der Waals surface area contributed by atoms with Crippen molar-refractivity contribution in [1.82, 2.24) is 0 Å². The summed E-state index contributed by atoms with van der Waals surface area (Å²) in [7, 11) is 0. The van der Waals surface area contributed by atoms with E-state index in [9.17, 15) is 14.7 Å². The first-order valence-electron chi connectivity index (χ1n) is 6.12. The van der Waals surface area contributed by atoms with Crippen molar-refractivity contribution in [3.63, 3.8) is 0 Å². The largest absolute Gasteiger partial charge is 0.550 e. The number of hydrogen-bond acceptors (Lipinski definition) is 5. The molecule has 0 saturated heterocycles. The van der Waals surface area contributed by atoms with E-state index in [0.29, 0.717) is 0 Å². The Bertz CT molecular complexity index is 227. The number of hydrogen-bond donors (Lipinski definition) is 1. The Balaban J connectivity index is 3.41. The molecule has 1 unspecified atom stereocenters. The summed E-state index contributed by atoms with van der Waals surface area (Å²) < 4.78 is 4.73. The van der Waals surface area contributed by atoms with Crippen LogP contribution in [0.1, 0.15) is 51.9 Å². The van der Waals surface area contributed by atoms with Crippen molar-refractivity contribution in [3.05, 3.63) is 0 Å². The number of aliphatic hydroxyl groups is 1. The van der Waals surface area contributed by atoms with Gasteiger partial charge in [0.2, 0.25) is 0 Å². The van der Waals surface area contributed by atoms with E-state index in [-0.39, 0.29) is 6.61 Å². The zero-order valence-corrected chi connectivity index (χ0v) is 10.3. The van der Waals surface area contributed by atoms with Gasteiger partial charge in [-0.25, -0.2) is 4.79 Å². The fourth-order valence-corrected chi connectivity index (χ4v) is 1.39. The summed E-state index contributed by atoms with van der Waals surface area (Å²) in [6.07, 6.45) is 4.08. The van der Waals surface area contributed by atoms with Gasteiger partial charge in [0, 0.05) is 12.4 Å². The molecule has 0 aromatic heterocycles. The Hall–Kier alpha value is -1.10. The van der Waals surface area contributed by atoms with Gasteiger partial charge in [0.1, 0.15) is 0 Å². The second-order valence-electron chi connectivity index (χ2n) is 4.03. The third-order valence-corrected chi connectivity index (χ3v) is 2.37. The summed E-state index contributed by atoms with van der Waals surface area (Å²) in [5, 5.41) is 19.2. The highest BCUT2D eigenvalue weighted by Crippen LogP contribution is 2.05. The molecule has 0 aromatic carbocycles. The number of carbonyl (C=O) groups excluding carboxylic acids is 2. The molecule has 0 spiro atoms. The van der Waals surface area contributed by atoms with Crippen LogP contribution >= 0.6 is 0 Å². The highest BCUT2D eigenvalue weighted by atomic mass is 16.5. The van der Waals surface area contributed by atoms with Gasteiger partial charge >= 0.3 is 5.97 Å². The molecule has 1 atom stereocenters. The molecule has 0 amide bonds. The van der Waals surface area contributed by atoms with Crippen molar-refractivity contribution < 1.29 is 24.5 Å². The molecule has 0 aliphatic heterocycles. The highest BCUT2D eigenvalue weighted by molar-refractivity contribution is 5.79. The zero-order valence-electron chi connectivity index (χ0n) is 10.3. The van der Waals surface area contributed by atoms with Crippen LogP contribution < -0.4 is 5.11 Å². The lowest BCUT2D eigenvalue weighted by Gasteiger charge is -2.10. The number of rotatable bonds is 10. The Kier molecular flexibility index (Phi) is 9.43. The van der Waals surface area contributed by atoms with Crippen LogP contribution in [0.5, 0.6) is 0 Å². The molecule has 0 aromatic rings. The van der Waals surface area contributed by atoms with Crippen LogP contribution in [0.15, 0.2) is 0 Å². The molecule has 0 saturated carbocycles. The summed E-state index contributed by atoms with van der Waals surface area (Å²) in [5.41, 5.74) is 0. The predicted molar refractivity (Wildman–Crippen MR) is 60.0 cm³/mol. The summed E-state index contributed by atoms with van der Waals surface area (Å²) >= 11 is 0. The third-order valence-electron chi connectivity index (χ3n) is 2.37. The van der Waals surface area contributed by atoms with Gasteiger partial charge in [0.15, 0.2) is 6.10 Å². The molecule has 0 radical (unpaired) electrons. The van der Waals surface area contributed by atoms with Gasteiger partial charge in [0.25, 0.3) is 0 Å². The fourth-order valence-electron chi connectivity index (χ4n) is 1.39. The smallest absolute Gasteiger partial charge is 0.335 e. The number of ether oxygens (including phenoxy) is 1. The Labute approximate surface area is 102 Å². The maximum absolute atomic E-state index is 11.1. The van der Waals surface area contributed by atoms with E-state index in [1.807, 2.05) is 0 Å². The number of carboxylic acid groups (broad SMARTS) is 1. The lowest BCUT2D eigenvalue weighted by Crippen LogP contribution is -2.32. The fraction of sp³-hybridized carbons (Fsp3) is 0.833. The minimum Gasteiger partial charge on any atom is -0.550 e. The van der Waals surface area contributed by atoms with Crippen LogP contribution in [0, 0.1) is 0 Å². The quantitative estimate of drug-likeness (QED) is 0.444. The number of aliphatic hydroxyl groups excluding tert-OH is 1. The van der Waals surface area contributed by atoms with E-state index < -0.39 is 24.5 Å². The highest BCUT2D eigenvalue weighted by Gasteiger charge is 2.16.